The fourth-order valence-electron chi connectivity index (χ4n) is 3.40. The molecule has 0 N–H and O–H groups in total. The Bertz CT molecular complexity index is 651. The van der Waals surface area contributed by atoms with E-state index in [4.69, 9.17) is 0 Å². The zero-order chi connectivity index (χ0) is 16.2. The maximum atomic E-state index is 14.3. The minimum Gasteiger partial charge on any atom is -0.339 e. The van der Waals surface area contributed by atoms with Crippen molar-refractivity contribution in [2.75, 3.05) is 11.4 Å². The van der Waals surface area contributed by atoms with E-state index in [0.29, 0.717) is 11.6 Å². The van der Waals surface area contributed by atoms with Gasteiger partial charge in [0.05, 0.1) is 5.69 Å². The zero-order valence-electron chi connectivity index (χ0n) is 14.1. The summed E-state index contributed by atoms with van der Waals surface area (Å²) >= 11 is 0. The van der Waals surface area contributed by atoms with E-state index in [2.05, 4.69) is 0 Å². The van der Waals surface area contributed by atoms with Crippen LogP contribution in [0.1, 0.15) is 37.7 Å². The van der Waals surface area contributed by atoms with Crippen LogP contribution in [0.4, 0.5) is 20.2 Å². The first-order valence-electron chi connectivity index (χ1n) is 8.43. The van der Waals surface area contributed by atoms with Gasteiger partial charge in [0.25, 0.3) is 0 Å². The number of aryl methyl sites for hydroxylation is 1. The van der Waals surface area contributed by atoms with E-state index in [-0.39, 0.29) is 21.7 Å². The van der Waals surface area contributed by atoms with Gasteiger partial charge in [-0.15, -0.1) is 0 Å². The molecule has 0 spiro atoms. The maximum absolute atomic E-state index is 14.3. The molecule has 0 aliphatic heterocycles. The number of nitrogens with zero attached hydrogens (tertiary/aromatic N) is 1. The Kier molecular flexibility index (Phi) is 7.00. The number of rotatable bonds is 4. The second kappa shape index (κ2) is 8.78. The Labute approximate surface area is 157 Å². The summed E-state index contributed by atoms with van der Waals surface area (Å²) in [6, 6.07) is 11.9. The Hall–Kier alpha value is -1.19. The third kappa shape index (κ3) is 4.67. The van der Waals surface area contributed by atoms with Crippen LogP contribution >= 0.6 is 0 Å². The Morgan fingerprint density at radius 2 is 1.62 bits per heavy atom. The Balaban J connectivity index is 0.00000208. The molecule has 0 unspecified atom stereocenters. The number of anilines is 2. The molecule has 1 aliphatic rings. The van der Waals surface area contributed by atoms with E-state index < -0.39 is 11.6 Å². The fraction of sp³-hybridized carbons (Fsp3) is 0.400. The first-order valence-corrected chi connectivity index (χ1v) is 8.43. The molecule has 0 radical (unpaired) electrons. The molecule has 2 aromatic carbocycles. The average molecular weight is 363 g/mol. The summed E-state index contributed by atoms with van der Waals surface area (Å²) in [5.74, 6) is -0.469. The van der Waals surface area contributed by atoms with Gasteiger partial charge in [0.1, 0.15) is 11.6 Å². The monoisotopic (exact) mass is 363 g/mol. The first-order chi connectivity index (χ1) is 11.1. The number of halogens is 2. The summed E-state index contributed by atoms with van der Waals surface area (Å²) in [6.07, 6.45) is 6.17. The third-order valence-corrected chi connectivity index (χ3v) is 4.71. The van der Waals surface area contributed by atoms with Crippen molar-refractivity contribution in [3.8, 4) is 0 Å². The molecular formula is C20H23F2NTi. The molecule has 1 aliphatic carbocycles. The van der Waals surface area contributed by atoms with Crippen molar-refractivity contribution in [2.45, 2.75) is 39.0 Å². The van der Waals surface area contributed by atoms with Crippen LogP contribution in [-0.4, -0.2) is 6.54 Å². The van der Waals surface area contributed by atoms with Crippen molar-refractivity contribution in [3.05, 3.63) is 59.7 Å². The first kappa shape index (κ1) is 19.1. The standard InChI is InChI=1S/C20H23F2N.Ti/c1-15-7-10-18(11-8-15)23(14-16-5-3-2-4-6-16)20-12-9-17(21)13-19(20)22;/h7-13,16H,2-6,14H2,1H3;. The van der Waals surface area contributed by atoms with Crippen LogP contribution in [0.5, 0.6) is 0 Å². The second-order valence-electron chi connectivity index (χ2n) is 6.55. The molecule has 4 heteroatoms. The van der Waals surface area contributed by atoms with E-state index in [9.17, 15) is 8.78 Å². The summed E-state index contributed by atoms with van der Waals surface area (Å²) in [6.45, 7) is 2.82. The Morgan fingerprint density at radius 3 is 2.25 bits per heavy atom. The van der Waals surface area contributed by atoms with Crippen molar-refractivity contribution in [3.63, 3.8) is 0 Å². The van der Waals surface area contributed by atoms with Gasteiger partial charge in [0.15, 0.2) is 0 Å². The summed E-state index contributed by atoms with van der Waals surface area (Å²) in [7, 11) is 0. The van der Waals surface area contributed by atoms with Gasteiger partial charge in [-0.2, -0.15) is 0 Å². The van der Waals surface area contributed by atoms with Gasteiger partial charge in [-0.25, -0.2) is 8.78 Å². The van der Waals surface area contributed by atoms with Gasteiger partial charge in [-0.1, -0.05) is 37.0 Å². The van der Waals surface area contributed by atoms with E-state index in [1.165, 1.54) is 43.7 Å². The predicted molar refractivity (Wildman–Crippen MR) is 91.1 cm³/mol. The molecule has 0 bridgehead atoms. The van der Waals surface area contributed by atoms with Crippen molar-refractivity contribution < 1.29 is 30.5 Å². The molecule has 24 heavy (non-hydrogen) atoms. The molecule has 0 saturated heterocycles. The second-order valence-corrected chi connectivity index (χ2v) is 6.55. The molecule has 0 heterocycles. The minimum atomic E-state index is -0.534. The molecule has 1 saturated carbocycles. The fourth-order valence-corrected chi connectivity index (χ4v) is 3.40. The summed E-state index contributed by atoms with van der Waals surface area (Å²) in [4.78, 5) is 2.00. The molecule has 0 amide bonds. The SMILES string of the molecule is Cc1ccc(N(CC2CCCCC2)c2ccc(F)cc2F)cc1.[Ti]. The van der Waals surface area contributed by atoms with Gasteiger partial charge >= 0.3 is 0 Å². The molecule has 126 valence electrons. The molecule has 3 rings (SSSR count). The maximum Gasteiger partial charge on any atom is 0.149 e. The third-order valence-electron chi connectivity index (χ3n) is 4.71. The number of benzene rings is 2. The summed E-state index contributed by atoms with van der Waals surface area (Å²) in [5.41, 5.74) is 2.60. The van der Waals surface area contributed by atoms with Crippen molar-refractivity contribution in [2.24, 2.45) is 5.92 Å². The van der Waals surface area contributed by atoms with Gasteiger partial charge < -0.3 is 4.90 Å². The van der Waals surface area contributed by atoms with Gasteiger partial charge in [-0.3, -0.25) is 0 Å². The van der Waals surface area contributed by atoms with Crippen LogP contribution < -0.4 is 4.90 Å². The predicted octanol–water partition coefficient (Wildman–Crippen LogP) is 5.99. The minimum absolute atomic E-state index is 0. The van der Waals surface area contributed by atoms with Crippen LogP contribution in [0.2, 0.25) is 0 Å². The van der Waals surface area contributed by atoms with Crippen LogP contribution in [0, 0.1) is 24.5 Å². The summed E-state index contributed by atoms with van der Waals surface area (Å²) in [5, 5.41) is 0. The number of hydrogen-bond acceptors (Lipinski definition) is 1. The largest absolute Gasteiger partial charge is 0.339 e. The molecule has 0 atom stereocenters. The molecule has 1 fully saturated rings. The molecule has 1 nitrogen and oxygen atoms in total. The van der Waals surface area contributed by atoms with Crippen molar-refractivity contribution >= 4 is 11.4 Å². The van der Waals surface area contributed by atoms with E-state index in [0.717, 1.165) is 18.3 Å². The van der Waals surface area contributed by atoms with E-state index in [1.807, 2.05) is 36.1 Å². The quantitative estimate of drug-likeness (QED) is 0.603. The normalized spacial score (nSPS) is 15.0. The summed E-state index contributed by atoms with van der Waals surface area (Å²) < 4.78 is 27.6. The van der Waals surface area contributed by atoms with Crippen LogP contribution in [0.3, 0.4) is 0 Å². The molecule has 2 aromatic rings. The topological polar surface area (TPSA) is 3.24 Å². The van der Waals surface area contributed by atoms with Gasteiger partial charge in [0.2, 0.25) is 0 Å². The molecule has 0 aromatic heterocycles. The van der Waals surface area contributed by atoms with Crippen molar-refractivity contribution in [1.29, 1.82) is 0 Å². The van der Waals surface area contributed by atoms with Crippen LogP contribution in [-0.2, 0) is 21.7 Å². The van der Waals surface area contributed by atoms with Crippen LogP contribution in [0.15, 0.2) is 42.5 Å². The average Bonchev–Trinajstić information content (AvgIpc) is 2.55. The van der Waals surface area contributed by atoms with Crippen molar-refractivity contribution in [1.82, 2.24) is 0 Å². The van der Waals surface area contributed by atoms with E-state index >= 15 is 0 Å². The van der Waals surface area contributed by atoms with Gasteiger partial charge in [0, 0.05) is 40.0 Å². The van der Waals surface area contributed by atoms with Crippen LogP contribution in [0.25, 0.3) is 0 Å². The number of hydrogen-bond donors (Lipinski definition) is 0. The molecular weight excluding hydrogens is 340 g/mol. The Morgan fingerprint density at radius 1 is 0.958 bits per heavy atom. The van der Waals surface area contributed by atoms with E-state index in [1.54, 1.807) is 6.07 Å². The van der Waals surface area contributed by atoms with Gasteiger partial charge in [-0.05, 0) is 49.9 Å². The smallest absolute Gasteiger partial charge is 0.149 e. The zero-order valence-corrected chi connectivity index (χ0v) is 15.6.